The maximum atomic E-state index is 13.9. The van der Waals surface area contributed by atoms with E-state index in [1.54, 1.807) is 6.07 Å². The van der Waals surface area contributed by atoms with E-state index in [2.05, 4.69) is 15.1 Å². The van der Waals surface area contributed by atoms with Gasteiger partial charge in [-0.05, 0) is 56.7 Å². The van der Waals surface area contributed by atoms with E-state index in [0.29, 0.717) is 12.8 Å². The van der Waals surface area contributed by atoms with Crippen molar-refractivity contribution in [2.45, 2.75) is 51.0 Å². The standard InChI is InChI=1S/C22H31FN4O/c23-20-4-1-2-5-21(20)27-16-14-26(15-17-27)13-11-18-7-9-19(10-8-18)25-22(28)6-3-12-24/h1-2,4-5,18-19H,3,6-11,13-17H2,(H,25,28). The average molecular weight is 387 g/mol. The van der Waals surface area contributed by atoms with Crippen LogP contribution in [0.5, 0.6) is 0 Å². The molecule has 0 unspecified atom stereocenters. The minimum Gasteiger partial charge on any atom is -0.367 e. The number of hydrogen-bond acceptors (Lipinski definition) is 4. The molecule has 0 aromatic heterocycles. The zero-order chi connectivity index (χ0) is 19.8. The number of carbonyl (C=O) groups is 1. The molecule has 1 aromatic carbocycles. The first-order valence-electron chi connectivity index (χ1n) is 10.5. The average Bonchev–Trinajstić information content (AvgIpc) is 2.72. The molecule has 1 aromatic rings. The predicted molar refractivity (Wildman–Crippen MR) is 108 cm³/mol. The molecule has 1 heterocycles. The maximum absolute atomic E-state index is 13.9. The van der Waals surface area contributed by atoms with E-state index in [1.165, 1.54) is 25.3 Å². The highest BCUT2D eigenvalue weighted by Crippen LogP contribution is 2.27. The number of amides is 1. The summed E-state index contributed by atoms with van der Waals surface area (Å²) < 4.78 is 13.9. The lowest BCUT2D eigenvalue weighted by Crippen LogP contribution is -2.47. The fourth-order valence-electron chi connectivity index (χ4n) is 4.35. The van der Waals surface area contributed by atoms with Crippen molar-refractivity contribution in [3.05, 3.63) is 30.1 Å². The van der Waals surface area contributed by atoms with Crippen LogP contribution in [-0.2, 0) is 4.79 Å². The third-order valence-electron chi connectivity index (χ3n) is 6.09. The number of halogens is 1. The summed E-state index contributed by atoms with van der Waals surface area (Å²) in [5, 5.41) is 11.6. The Balaban J connectivity index is 1.32. The van der Waals surface area contributed by atoms with Crippen molar-refractivity contribution in [3.63, 3.8) is 0 Å². The summed E-state index contributed by atoms with van der Waals surface area (Å²) in [6.45, 7) is 4.83. The largest absolute Gasteiger partial charge is 0.367 e. The smallest absolute Gasteiger partial charge is 0.221 e. The number of rotatable bonds is 7. The Morgan fingerprint density at radius 1 is 1.14 bits per heavy atom. The SMILES string of the molecule is N#CCCC(=O)NC1CCC(CCN2CCN(c3ccccc3F)CC2)CC1. The number of para-hydroxylation sites is 1. The lowest BCUT2D eigenvalue weighted by molar-refractivity contribution is -0.122. The van der Waals surface area contributed by atoms with Crippen molar-refractivity contribution in [3.8, 4) is 6.07 Å². The molecule has 1 aliphatic heterocycles. The van der Waals surface area contributed by atoms with Crippen LogP contribution >= 0.6 is 0 Å². The summed E-state index contributed by atoms with van der Waals surface area (Å²) in [7, 11) is 0. The number of hydrogen-bond donors (Lipinski definition) is 1. The molecule has 3 rings (SSSR count). The first-order chi connectivity index (χ1) is 13.7. The highest BCUT2D eigenvalue weighted by Gasteiger charge is 2.24. The molecule has 28 heavy (non-hydrogen) atoms. The van der Waals surface area contributed by atoms with Crippen molar-refractivity contribution in [1.29, 1.82) is 5.26 Å². The number of nitrogens with one attached hydrogen (secondary N) is 1. The molecular weight excluding hydrogens is 355 g/mol. The van der Waals surface area contributed by atoms with Crippen LogP contribution < -0.4 is 10.2 Å². The van der Waals surface area contributed by atoms with Crippen LogP contribution in [0.1, 0.15) is 44.9 Å². The van der Waals surface area contributed by atoms with E-state index in [4.69, 9.17) is 5.26 Å². The minimum absolute atomic E-state index is 0.0118. The van der Waals surface area contributed by atoms with Gasteiger partial charge in [-0.25, -0.2) is 4.39 Å². The Bertz CT molecular complexity index is 673. The van der Waals surface area contributed by atoms with Crippen LogP contribution in [0.25, 0.3) is 0 Å². The van der Waals surface area contributed by atoms with Crippen LogP contribution in [0.2, 0.25) is 0 Å². The van der Waals surface area contributed by atoms with Gasteiger partial charge in [-0.15, -0.1) is 0 Å². The molecule has 0 bridgehead atoms. The molecule has 1 amide bonds. The molecule has 0 atom stereocenters. The van der Waals surface area contributed by atoms with Gasteiger partial charge in [0.25, 0.3) is 0 Å². The molecule has 0 spiro atoms. The molecule has 0 radical (unpaired) electrons. The van der Waals surface area contributed by atoms with E-state index in [0.717, 1.165) is 57.2 Å². The molecule has 1 saturated carbocycles. The van der Waals surface area contributed by atoms with Gasteiger partial charge in [0, 0.05) is 45.1 Å². The van der Waals surface area contributed by atoms with Crippen LogP contribution in [0.15, 0.2) is 24.3 Å². The lowest BCUT2D eigenvalue weighted by Gasteiger charge is -2.37. The van der Waals surface area contributed by atoms with Crippen molar-refractivity contribution in [2.24, 2.45) is 5.92 Å². The Kier molecular flexibility index (Phi) is 7.67. The van der Waals surface area contributed by atoms with Crippen molar-refractivity contribution < 1.29 is 9.18 Å². The van der Waals surface area contributed by atoms with Crippen LogP contribution in [-0.4, -0.2) is 49.6 Å². The Hall–Kier alpha value is -2.13. The van der Waals surface area contributed by atoms with E-state index in [1.807, 2.05) is 18.2 Å². The number of nitriles is 1. The number of benzene rings is 1. The van der Waals surface area contributed by atoms with E-state index in [9.17, 15) is 9.18 Å². The van der Waals surface area contributed by atoms with Crippen LogP contribution in [0.3, 0.4) is 0 Å². The van der Waals surface area contributed by atoms with E-state index in [-0.39, 0.29) is 17.8 Å². The second kappa shape index (κ2) is 10.4. The number of piperazine rings is 1. The fourth-order valence-corrected chi connectivity index (χ4v) is 4.35. The van der Waals surface area contributed by atoms with E-state index >= 15 is 0 Å². The van der Waals surface area contributed by atoms with Gasteiger partial charge in [-0.3, -0.25) is 9.69 Å². The molecule has 6 heteroatoms. The quantitative estimate of drug-likeness (QED) is 0.781. The fraction of sp³-hybridized carbons (Fsp3) is 0.636. The van der Waals surface area contributed by atoms with Crippen LogP contribution in [0, 0.1) is 23.1 Å². The van der Waals surface area contributed by atoms with Gasteiger partial charge in [0.15, 0.2) is 0 Å². The summed E-state index contributed by atoms with van der Waals surface area (Å²) >= 11 is 0. The summed E-state index contributed by atoms with van der Waals surface area (Å²) in [6, 6.07) is 9.33. The van der Waals surface area contributed by atoms with Crippen molar-refractivity contribution >= 4 is 11.6 Å². The van der Waals surface area contributed by atoms with Gasteiger partial charge in [0.1, 0.15) is 5.82 Å². The van der Waals surface area contributed by atoms with Crippen molar-refractivity contribution in [2.75, 3.05) is 37.6 Å². The lowest BCUT2D eigenvalue weighted by atomic mass is 9.84. The first-order valence-corrected chi connectivity index (χ1v) is 10.5. The minimum atomic E-state index is -0.132. The number of nitrogens with zero attached hydrogens (tertiary/aromatic N) is 3. The molecule has 2 fully saturated rings. The second-order valence-corrected chi connectivity index (χ2v) is 8.01. The first kappa shape index (κ1) is 20.6. The monoisotopic (exact) mass is 386 g/mol. The summed E-state index contributed by atoms with van der Waals surface area (Å²) in [5.74, 6) is 0.613. The zero-order valence-electron chi connectivity index (χ0n) is 16.6. The third-order valence-corrected chi connectivity index (χ3v) is 6.09. The Morgan fingerprint density at radius 2 is 1.86 bits per heavy atom. The Morgan fingerprint density at radius 3 is 2.54 bits per heavy atom. The molecule has 1 saturated heterocycles. The van der Waals surface area contributed by atoms with Gasteiger partial charge in [-0.1, -0.05) is 12.1 Å². The van der Waals surface area contributed by atoms with Gasteiger partial charge in [0.2, 0.25) is 5.91 Å². The van der Waals surface area contributed by atoms with Gasteiger partial charge >= 0.3 is 0 Å². The second-order valence-electron chi connectivity index (χ2n) is 8.01. The topological polar surface area (TPSA) is 59.4 Å². The molecule has 152 valence electrons. The number of carbonyl (C=O) groups excluding carboxylic acids is 1. The summed E-state index contributed by atoms with van der Waals surface area (Å²) in [6.07, 6.45) is 6.24. The molecular formula is C22H31FN4O. The highest BCUT2D eigenvalue weighted by atomic mass is 19.1. The zero-order valence-corrected chi connectivity index (χ0v) is 16.6. The predicted octanol–water partition coefficient (Wildman–Crippen LogP) is 3.32. The van der Waals surface area contributed by atoms with Gasteiger partial charge in [0.05, 0.1) is 11.8 Å². The van der Waals surface area contributed by atoms with Crippen LogP contribution in [0.4, 0.5) is 10.1 Å². The summed E-state index contributed by atoms with van der Waals surface area (Å²) in [5.41, 5.74) is 0.720. The van der Waals surface area contributed by atoms with Gasteiger partial charge in [-0.2, -0.15) is 5.26 Å². The summed E-state index contributed by atoms with van der Waals surface area (Å²) in [4.78, 5) is 16.4. The molecule has 1 aliphatic carbocycles. The van der Waals surface area contributed by atoms with Crippen molar-refractivity contribution in [1.82, 2.24) is 10.2 Å². The third kappa shape index (κ3) is 5.93. The normalized spacial score (nSPS) is 23.2. The van der Waals surface area contributed by atoms with E-state index < -0.39 is 0 Å². The highest BCUT2D eigenvalue weighted by molar-refractivity contribution is 5.76. The molecule has 1 N–H and O–H groups in total. The maximum Gasteiger partial charge on any atom is 0.221 e. The molecule has 2 aliphatic rings. The van der Waals surface area contributed by atoms with Gasteiger partial charge < -0.3 is 10.2 Å². The molecule has 5 nitrogen and oxygen atoms in total. The number of anilines is 1. The Labute approximate surface area is 167 Å².